The summed E-state index contributed by atoms with van der Waals surface area (Å²) in [5.74, 6) is 1.22. The van der Waals surface area contributed by atoms with Crippen LogP contribution in [0.4, 0.5) is 0 Å². The number of methoxy groups -OCH3 is 1. The van der Waals surface area contributed by atoms with Crippen LogP contribution in [0.25, 0.3) is 0 Å². The Kier molecular flexibility index (Phi) is 5.97. The van der Waals surface area contributed by atoms with Crippen molar-refractivity contribution in [3.8, 4) is 0 Å². The Morgan fingerprint density at radius 1 is 1.39 bits per heavy atom. The number of nitrogens with zero attached hydrogens (tertiary/aromatic N) is 1. The van der Waals surface area contributed by atoms with Gasteiger partial charge in [-0.2, -0.15) is 11.8 Å². The molecule has 1 unspecified atom stereocenters. The topological polar surface area (TPSA) is 24.5 Å². The molecule has 0 aromatic carbocycles. The highest BCUT2D eigenvalue weighted by Crippen LogP contribution is 2.30. The number of hydrogen-bond acceptors (Lipinski definition) is 4. The maximum Gasteiger partial charge on any atom is 0.0630 e. The Morgan fingerprint density at radius 3 is 2.56 bits per heavy atom. The van der Waals surface area contributed by atoms with Gasteiger partial charge in [0.2, 0.25) is 0 Å². The van der Waals surface area contributed by atoms with Gasteiger partial charge in [-0.15, -0.1) is 0 Å². The number of ether oxygens (including phenoxy) is 1. The maximum absolute atomic E-state index is 5.40. The van der Waals surface area contributed by atoms with Crippen molar-refractivity contribution in [1.82, 2.24) is 10.2 Å². The third-order valence-electron chi connectivity index (χ3n) is 3.20. The Morgan fingerprint density at radius 2 is 2.06 bits per heavy atom. The summed E-state index contributed by atoms with van der Waals surface area (Å²) in [6, 6.07) is 0.481. The van der Waals surface area contributed by atoms with E-state index in [-0.39, 0.29) is 5.54 Å². The fraction of sp³-hybridized carbons (Fsp3) is 1.00. The van der Waals surface area contributed by atoms with Crippen LogP contribution in [0.3, 0.4) is 0 Å². The average molecular weight is 274 g/mol. The Labute approximate surface area is 117 Å². The molecule has 1 N–H and O–H groups in total. The van der Waals surface area contributed by atoms with Crippen molar-refractivity contribution in [3.63, 3.8) is 0 Å². The summed E-state index contributed by atoms with van der Waals surface area (Å²) < 4.78 is 5.77. The summed E-state index contributed by atoms with van der Waals surface area (Å²) in [6.45, 7) is 15.5. The van der Waals surface area contributed by atoms with E-state index >= 15 is 0 Å². The highest BCUT2D eigenvalue weighted by Gasteiger charge is 2.31. The van der Waals surface area contributed by atoms with Crippen molar-refractivity contribution in [2.75, 3.05) is 39.1 Å². The number of hydrogen-bond donors (Lipinski definition) is 1. The fourth-order valence-corrected chi connectivity index (χ4v) is 3.41. The second kappa shape index (κ2) is 6.60. The molecule has 0 aromatic heterocycles. The van der Waals surface area contributed by atoms with E-state index in [1.807, 2.05) is 0 Å². The molecule has 4 heteroatoms. The minimum absolute atomic E-state index is 0.173. The van der Waals surface area contributed by atoms with Gasteiger partial charge in [0.25, 0.3) is 0 Å². The van der Waals surface area contributed by atoms with Crippen molar-refractivity contribution in [1.29, 1.82) is 0 Å². The van der Waals surface area contributed by atoms with Crippen LogP contribution in [0.1, 0.15) is 34.6 Å². The number of thioether (sulfide) groups is 1. The zero-order valence-corrected chi connectivity index (χ0v) is 13.7. The van der Waals surface area contributed by atoms with Crippen molar-refractivity contribution >= 4 is 11.8 Å². The van der Waals surface area contributed by atoms with Gasteiger partial charge in [0.05, 0.1) is 6.61 Å². The van der Waals surface area contributed by atoms with Gasteiger partial charge in [-0.25, -0.2) is 0 Å². The zero-order chi connectivity index (χ0) is 13.8. The molecule has 1 aliphatic heterocycles. The van der Waals surface area contributed by atoms with Crippen LogP contribution in [0.2, 0.25) is 0 Å². The Balaban J connectivity index is 2.55. The zero-order valence-electron chi connectivity index (χ0n) is 12.9. The van der Waals surface area contributed by atoms with E-state index in [4.69, 9.17) is 4.74 Å². The Bertz CT molecular complexity index is 251. The summed E-state index contributed by atoms with van der Waals surface area (Å²) in [6.07, 6.45) is 0. The van der Waals surface area contributed by atoms with Crippen LogP contribution in [0.5, 0.6) is 0 Å². The van der Waals surface area contributed by atoms with Crippen molar-refractivity contribution in [2.24, 2.45) is 0 Å². The van der Waals surface area contributed by atoms with Gasteiger partial charge >= 0.3 is 0 Å². The molecule has 1 saturated heterocycles. The largest absolute Gasteiger partial charge is 0.383 e. The van der Waals surface area contributed by atoms with Gasteiger partial charge in [-0.05, 0) is 34.6 Å². The SMILES string of the molecule is COCC(CNC(C)(C)C)N1CCSC(C)(C)C1. The lowest BCUT2D eigenvalue weighted by Crippen LogP contribution is -2.55. The first kappa shape index (κ1) is 16.3. The standard InChI is InChI=1S/C14H30N2OS/c1-13(2,3)15-9-12(10-17-6)16-7-8-18-14(4,5)11-16/h12,15H,7-11H2,1-6H3. The van der Waals surface area contributed by atoms with E-state index in [1.165, 1.54) is 12.3 Å². The molecular formula is C14H30N2OS. The third kappa shape index (κ3) is 5.91. The molecule has 0 amide bonds. The van der Waals surface area contributed by atoms with Gasteiger partial charge in [0.15, 0.2) is 0 Å². The minimum Gasteiger partial charge on any atom is -0.383 e. The van der Waals surface area contributed by atoms with E-state index in [0.29, 0.717) is 10.8 Å². The molecule has 0 aliphatic carbocycles. The number of nitrogens with one attached hydrogen (secondary N) is 1. The summed E-state index contributed by atoms with van der Waals surface area (Å²) in [5, 5.41) is 3.60. The lowest BCUT2D eigenvalue weighted by molar-refractivity contribution is 0.0822. The van der Waals surface area contributed by atoms with Gasteiger partial charge in [0, 0.05) is 48.8 Å². The molecule has 18 heavy (non-hydrogen) atoms. The lowest BCUT2D eigenvalue weighted by Gasteiger charge is -2.42. The molecule has 0 radical (unpaired) electrons. The third-order valence-corrected chi connectivity index (χ3v) is 4.50. The van der Waals surface area contributed by atoms with Gasteiger partial charge in [0.1, 0.15) is 0 Å². The molecule has 0 bridgehead atoms. The molecule has 3 nitrogen and oxygen atoms in total. The second-order valence-corrected chi connectivity index (χ2v) is 8.62. The molecule has 0 spiro atoms. The van der Waals surface area contributed by atoms with Crippen LogP contribution >= 0.6 is 11.8 Å². The van der Waals surface area contributed by atoms with Crippen LogP contribution in [-0.4, -0.2) is 60.3 Å². The summed E-state index contributed by atoms with van der Waals surface area (Å²) in [7, 11) is 1.80. The molecule has 0 saturated carbocycles. The fourth-order valence-electron chi connectivity index (χ4n) is 2.27. The number of rotatable bonds is 5. The molecule has 1 heterocycles. The first-order valence-corrected chi connectivity index (χ1v) is 7.84. The van der Waals surface area contributed by atoms with Crippen molar-refractivity contribution in [2.45, 2.75) is 50.9 Å². The molecule has 1 aliphatic rings. The predicted octanol–water partition coefficient (Wildman–Crippen LogP) is 2.22. The molecule has 1 fully saturated rings. The molecular weight excluding hydrogens is 244 g/mol. The van der Waals surface area contributed by atoms with E-state index in [0.717, 1.165) is 19.7 Å². The monoisotopic (exact) mass is 274 g/mol. The average Bonchev–Trinajstić information content (AvgIpc) is 2.21. The van der Waals surface area contributed by atoms with Crippen LogP contribution in [-0.2, 0) is 4.74 Å². The van der Waals surface area contributed by atoms with Gasteiger partial charge in [-0.3, -0.25) is 4.90 Å². The molecule has 1 atom stereocenters. The first-order valence-electron chi connectivity index (χ1n) is 6.85. The van der Waals surface area contributed by atoms with Crippen LogP contribution < -0.4 is 5.32 Å². The van der Waals surface area contributed by atoms with Gasteiger partial charge in [-0.1, -0.05) is 0 Å². The predicted molar refractivity (Wildman–Crippen MR) is 81.5 cm³/mol. The second-order valence-electron chi connectivity index (χ2n) is 6.82. The first-order chi connectivity index (χ1) is 8.23. The van der Waals surface area contributed by atoms with E-state index in [2.05, 4.69) is 56.6 Å². The quantitative estimate of drug-likeness (QED) is 0.831. The molecule has 0 aromatic rings. The Hall–Kier alpha value is 0.230. The summed E-state index contributed by atoms with van der Waals surface area (Å²) in [5.41, 5.74) is 0.173. The minimum atomic E-state index is 0.173. The van der Waals surface area contributed by atoms with Crippen molar-refractivity contribution < 1.29 is 4.74 Å². The summed E-state index contributed by atoms with van der Waals surface area (Å²) in [4.78, 5) is 2.58. The maximum atomic E-state index is 5.40. The highest BCUT2D eigenvalue weighted by molar-refractivity contribution is 8.00. The normalized spacial score (nSPS) is 23.0. The van der Waals surface area contributed by atoms with E-state index < -0.39 is 0 Å². The van der Waals surface area contributed by atoms with E-state index in [9.17, 15) is 0 Å². The van der Waals surface area contributed by atoms with E-state index in [1.54, 1.807) is 7.11 Å². The smallest absolute Gasteiger partial charge is 0.0630 e. The van der Waals surface area contributed by atoms with Gasteiger partial charge < -0.3 is 10.1 Å². The summed E-state index contributed by atoms with van der Waals surface area (Å²) >= 11 is 2.08. The van der Waals surface area contributed by atoms with Crippen molar-refractivity contribution in [3.05, 3.63) is 0 Å². The highest BCUT2D eigenvalue weighted by atomic mass is 32.2. The van der Waals surface area contributed by atoms with Crippen LogP contribution in [0.15, 0.2) is 0 Å². The lowest BCUT2D eigenvalue weighted by atomic mass is 10.1. The van der Waals surface area contributed by atoms with Crippen LogP contribution in [0, 0.1) is 0 Å². The molecule has 108 valence electrons. The molecule has 1 rings (SSSR count).